The highest BCUT2D eigenvalue weighted by atomic mass is 16.5. The number of hydrogen-bond donors (Lipinski definition) is 1. The van der Waals surface area contributed by atoms with E-state index in [1.165, 1.54) is 12.1 Å². The van der Waals surface area contributed by atoms with Crippen molar-refractivity contribution in [3.63, 3.8) is 0 Å². The maximum atomic E-state index is 11.3. The number of anilines is 1. The first kappa shape index (κ1) is 18.6. The van der Waals surface area contributed by atoms with E-state index in [0.29, 0.717) is 18.4 Å². The molecule has 1 aliphatic carbocycles. The topological polar surface area (TPSA) is 70.6 Å². The molecule has 3 aliphatic rings. The Morgan fingerprint density at radius 2 is 1.97 bits per heavy atom. The average molecular weight is 396 g/mol. The van der Waals surface area contributed by atoms with Gasteiger partial charge in [0.2, 0.25) is 11.8 Å². The highest BCUT2D eigenvalue weighted by Crippen LogP contribution is 2.31. The summed E-state index contributed by atoms with van der Waals surface area (Å²) in [6, 6.07) is 6.43. The van der Waals surface area contributed by atoms with Gasteiger partial charge in [0.1, 0.15) is 12.4 Å². The maximum Gasteiger partial charge on any atom is 0.224 e. The summed E-state index contributed by atoms with van der Waals surface area (Å²) in [5.41, 5.74) is 2.16. The smallest absolute Gasteiger partial charge is 0.224 e. The monoisotopic (exact) mass is 395 g/mol. The largest absolute Gasteiger partial charge is 0.474 e. The molecular formula is C22H29N5O2. The number of carbonyl (C=O) groups excluding carboxylic acids is 1. The summed E-state index contributed by atoms with van der Waals surface area (Å²) < 4.78 is 6.11. The summed E-state index contributed by atoms with van der Waals surface area (Å²) in [7, 11) is 0. The SMILES string of the molecule is O=C1CCC(CN2CCN(c3ccc4ncnc(OC5CCC5)c4c3)CC2)CN1. The molecule has 0 radical (unpaired) electrons. The number of piperidine rings is 1. The van der Waals surface area contributed by atoms with E-state index in [9.17, 15) is 4.79 Å². The first-order valence-electron chi connectivity index (χ1n) is 10.9. The number of carbonyl (C=O) groups is 1. The van der Waals surface area contributed by atoms with E-state index < -0.39 is 0 Å². The van der Waals surface area contributed by atoms with E-state index in [0.717, 1.165) is 75.3 Å². The fourth-order valence-corrected chi connectivity index (χ4v) is 4.45. The second-order valence-corrected chi connectivity index (χ2v) is 8.55. The predicted molar refractivity (Wildman–Crippen MR) is 112 cm³/mol. The molecule has 5 rings (SSSR count). The zero-order valence-electron chi connectivity index (χ0n) is 16.8. The molecule has 1 amide bonds. The standard InChI is InChI=1S/C22H29N5O2/c28-21-7-4-16(13-23-21)14-26-8-10-27(11-9-26)17-5-6-20-19(12-17)22(25-15-24-20)29-18-2-1-3-18/h5-6,12,15-16,18H,1-4,7-11,13-14H2,(H,23,28). The molecule has 2 aromatic rings. The molecule has 154 valence electrons. The lowest BCUT2D eigenvalue weighted by Crippen LogP contribution is -2.49. The van der Waals surface area contributed by atoms with Crippen LogP contribution in [0, 0.1) is 5.92 Å². The van der Waals surface area contributed by atoms with Gasteiger partial charge in [0.05, 0.1) is 10.9 Å². The second-order valence-electron chi connectivity index (χ2n) is 8.55. The van der Waals surface area contributed by atoms with Crippen LogP contribution in [0.15, 0.2) is 24.5 Å². The van der Waals surface area contributed by atoms with Crippen LogP contribution in [-0.2, 0) is 4.79 Å². The Hall–Kier alpha value is -2.41. The molecule has 3 heterocycles. The van der Waals surface area contributed by atoms with Gasteiger partial charge in [-0.3, -0.25) is 9.69 Å². The van der Waals surface area contributed by atoms with Gasteiger partial charge in [0, 0.05) is 51.4 Å². The number of fused-ring (bicyclic) bond motifs is 1. The zero-order chi connectivity index (χ0) is 19.6. The van der Waals surface area contributed by atoms with Crippen molar-refractivity contribution in [1.29, 1.82) is 0 Å². The lowest BCUT2D eigenvalue weighted by atomic mass is 9.96. The highest BCUT2D eigenvalue weighted by Gasteiger charge is 2.24. The Bertz CT molecular complexity index is 867. The molecule has 1 saturated carbocycles. The lowest BCUT2D eigenvalue weighted by molar-refractivity contribution is -0.123. The Kier molecular flexibility index (Phi) is 5.23. The van der Waals surface area contributed by atoms with Gasteiger partial charge in [-0.2, -0.15) is 0 Å². The lowest BCUT2D eigenvalue weighted by Gasteiger charge is -2.38. The van der Waals surface area contributed by atoms with Crippen molar-refractivity contribution in [3.8, 4) is 5.88 Å². The van der Waals surface area contributed by atoms with Crippen LogP contribution in [-0.4, -0.2) is 66.1 Å². The van der Waals surface area contributed by atoms with Crippen molar-refractivity contribution in [2.45, 2.75) is 38.2 Å². The Labute approximate surface area is 171 Å². The van der Waals surface area contributed by atoms with Crippen molar-refractivity contribution in [1.82, 2.24) is 20.2 Å². The van der Waals surface area contributed by atoms with Crippen LogP contribution in [0.25, 0.3) is 10.9 Å². The molecule has 7 nitrogen and oxygen atoms in total. The number of piperazine rings is 1. The minimum absolute atomic E-state index is 0.201. The van der Waals surface area contributed by atoms with E-state index in [-0.39, 0.29) is 5.91 Å². The van der Waals surface area contributed by atoms with E-state index in [1.54, 1.807) is 6.33 Å². The third-order valence-corrected chi connectivity index (χ3v) is 6.53. The number of nitrogens with zero attached hydrogens (tertiary/aromatic N) is 4. The first-order chi connectivity index (χ1) is 14.2. The molecule has 1 aromatic carbocycles. The summed E-state index contributed by atoms with van der Waals surface area (Å²) in [5.74, 6) is 1.51. The molecule has 1 atom stereocenters. The van der Waals surface area contributed by atoms with Crippen LogP contribution in [0.5, 0.6) is 5.88 Å². The number of nitrogens with one attached hydrogen (secondary N) is 1. The van der Waals surface area contributed by atoms with Crippen LogP contribution in [0.4, 0.5) is 5.69 Å². The minimum atomic E-state index is 0.201. The summed E-state index contributed by atoms with van der Waals surface area (Å²) >= 11 is 0. The van der Waals surface area contributed by atoms with Crippen LogP contribution in [0.3, 0.4) is 0 Å². The fourth-order valence-electron chi connectivity index (χ4n) is 4.45. The molecule has 29 heavy (non-hydrogen) atoms. The van der Waals surface area contributed by atoms with Crippen molar-refractivity contribution >= 4 is 22.5 Å². The third-order valence-electron chi connectivity index (χ3n) is 6.53. The Morgan fingerprint density at radius 1 is 1.10 bits per heavy atom. The molecule has 2 aliphatic heterocycles. The third kappa shape index (κ3) is 4.15. The molecule has 2 saturated heterocycles. The van der Waals surface area contributed by atoms with Gasteiger partial charge in [-0.25, -0.2) is 9.97 Å². The van der Waals surface area contributed by atoms with Gasteiger partial charge in [-0.15, -0.1) is 0 Å². The van der Waals surface area contributed by atoms with Gasteiger partial charge < -0.3 is 15.0 Å². The summed E-state index contributed by atoms with van der Waals surface area (Å²) in [4.78, 5) is 25.1. The van der Waals surface area contributed by atoms with Crippen LogP contribution in [0.2, 0.25) is 0 Å². The Balaban J connectivity index is 1.23. The van der Waals surface area contributed by atoms with E-state index >= 15 is 0 Å². The number of rotatable bonds is 5. The Morgan fingerprint density at radius 3 is 2.69 bits per heavy atom. The highest BCUT2D eigenvalue weighted by molar-refractivity contribution is 5.86. The quantitative estimate of drug-likeness (QED) is 0.837. The maximum absolute atomic E-state index is 11.3. The molecule has 7 heteroatoms. The first-order valence-corrected chi connectivity index (χ1v) is 10.9. The van der Waals surface area contributed by atoms with Crippen molar-refractivity contribution in [2.24, 2.45) is 5.92 Å². The predicted octanol–water partition coefficient (Wildman–Crippen LogP) is 2.21. The molecule has 1 aromatic heterocycles. The molecular weight excluding hydrogens is 366 g/mol. The second kappa shape index (κ2) is 8.14. The molecule has 1 N–H and O–H groups in total. The number of amides is 1. The zero-order valence-corrected chi connectivity index (χ0v) is 16.8. The van der Waals surface area contributed by atoms with Crippen LogP contribution >= 0.6 is 0 Å². The molecule has 1 unspecified atom stereocenters. The van der Waals surface area contributed by atoms with Crippen molar-refractivity contribution < 1.29 is 9.53 Å². The van der Waals surface area contributed by atoms with Gasteiger partial charge in [-0.05, 0) is 49.8 Å². The molecule has 0 spiro atoms. The van der Waals surface area contributed by atoms with Gasteiger partial charge in [-0.1, -0.05) is 0 Å². The number of aromatic nitrogens is 2. The number of hydrogen-bond acceptors (Lipinski definition) is 6. The van der Waals surface area contributed by atoms with Gasteiger partial charge in [0.15, 0.2) is 0 Å². The van der Waals surface area contributed by atoms with E-state index in [2.05, 4.69) is 43.3 Å². The van der Waals surface area contributed by atoms with Crippen molar-refractivity contribution in [3.05, 3.63) is 24.5 Å². The number of ether oxygens (including phenoxy) is 1. The summed E-state index contributed by atoms with van der Waals surface area (Å²) in [6.07, 6.45) is 7.09. The van der Waals surface area contributed by atoms with Gasteiger partial charge >= 0.3 is 0 Å². The molecule has 3 fully saturated rings. The van der Waals surface area contributed by atoms with E-state index in [1.807, 2.05) is 0 Å². The normalized spacial score (nSPS) is 23.7. The van der Waals surface area contributed by atoms with Crippen LogP contribution in [0.1, 0.15) is 32.1 Å². The van der Waals surface area contributed by atoms with Crippen molar-refractivity contribution in [2.75, 3.05) is 44.2 Å². The van der Waals surface area contributed by atoms with Crippen LogP contribution < -0.4 is 15.0 Å². The van der Waals surface area contributed by atoms with E-state index in [4.69, 9.17) is 4.74 Å². The summed E-state index contributed by atoms with van der Waals surface area (Å²) in [5, 5.41) is 4.01. The summed E-state index contributed by atoms with van der Waals surface area (Å²) in [6.45, 7) is 6.04. The fraction of sp³-hybridized carbons (Fsp3) is 0.591. The van der Waals surface area contributed by atoms with Gasteiger partial charge in [0.25, 0.3) is 0 Å². The minimum Gasteiger partial charge on any atom is -0.474 e. The average Bonchev–Trinajstić information content (AvgIpc) is 2.73. The number of benzene rings is 1. The molecule has 0 bridgehead atoms.